The van der Waals surface area contributed by atoms with Gasteiger partial charge < -0.3 is 9.84 Å². The minimum Gasteiger partial charge on any atom is -0.486 e. The second kappa shape index (κ2) is 5.84. The Balaban J connectivity index is 2.12. The van der Waals surface area contributed by atoms with E-state index in [2.05, 4.69) is 20.9 Å². The summed E-state index contributed by atoms with van der Waals surface area (Å²) in [5.74, 6) is -0.372. The van der Waals surface area contributed by atoms with Crippen LogP contribution in [0.5, 0.6) is 5.75 Å². The van der Waals surface area contributed by atoms with Crippen LogP contribution in [0.2, 0.25) is 0 Å². The zero-order valence-corrected chi connectivity index (χ0v) is 11.8. The zero-order valence-electron chi connectivity index (χ0n) is 10.3. The zero-order chi connectivity index (χ0) is 13.8. The lowest BCUT2D eigenvalue weighted by molar-refractivity contribution is 0.0696. The fourth-order valence-electron chi connectivity index (χ4n) is 1.57. The van der Waals surface area contributed by atoms with Crippen molar-refractivity contribution in [2.75, 3.05) is 0 Å². The predicted molar refractivity (Wildman–Crippen MR) is 74.4 cm³/mol. The van der Waals surface area contributed by atoms with Gasteiger partial charge in [0, 0.05) is 6.20 Å². The van der Waals surface area contributed by atoms with Gasteiger partial charge in [-0.1, -0.05) is 6.07 Å². The van der Waals surface area contributed by atoms with Gasteiger partial charge in [0.05, 0.1) is 15.7 Å². The number of carboxylic acid groups (broad SMARTS) is 1. The van der Waals surface area contributed by atoms with Gasteiger partial charge in [-0.25, -0.2) is 4.79 Å². The molecule has 1 heterocycles. The molecule has 2 aromatic rings. The number of aromatic nitrogens is 1. The van der Waals surface area contributed by atoms with Gasteiger partial charge in [-0.2, -0.15) is 0 Å². The van der Waals surface area contributed by atoms with Crippen molar-refractivity contribution in [1.82, 2.24) is 4.98 Å². The third kappa shape index (κ3) is 3.32. The molecule has 1 aromatic heterocycles. The highest BCUT2D eigenvalue weighted by Crippen LogP contribution is 2.26. The molecule has 5 heteroatoms. The van der Waals surface area contributed by atoms with Crippen LogP contribution in [-0.2, 0) is 6.61 Å². The molecule has 0 bridgehead atoms. The maximum absolute atomic E-state index is 10.8. The van der Waals surface area contributed by atoms with E-state index < -0.39 is 5.97 Å². The van der Waals surface area contributed by atoms with E-state index in [1.807, 2.05) is 19.1 Å². The molecule has 0 unspecified atom stereocenters. The smallest absolute Gasteiger partial charge is 0.335 e. The van der Waals surface area contributed by atoms with E-state index in [9.17, 15) is 4.79 Å². The Morgan fingerprint density at radius 3 is 2.84 bits per heavy atom. The lowest BCUT2D eigenvalue weighted by Gasteiger charge is -2.09. The van der Waals surface area contributed by atoms with E-state index in [0.717, 1.165) is 11.3 Å². The first-order chi connectivity index (χ1) is 9.08. The number of aryl methyl sites for hydroxylation is 1. The maximum atomic E-state index is 10.8. The molecule has 0 radical (unpaired) electrons. The van der Waals surface area contributed by atoms with Crippen LogP contribution in [0.15, 0.2) is 41.0 Å². The molecule has 1 N–H and O–H groups in total. The summed E-state index contributed by atoms with van der Waals surface area (Å²) in [6.07, 6.45) is 1.72. The molecule has 0 aliphatic carbocycles. The highest BCUT2D eigenvalue weighted by atomic mass is 79.9. The number of pyridine rings is 1. The Hall–Kier alpha value is -1.88. The molecular weight excluding hydrogens is 310 g/mol. The molecule has 1 aromatic carbocycles. The highest BCUT2D eigenvalue weighted by molar-refractivity contribution is 9.10. The predicted octanol–water partition coefficient (Wildman–Crippen LogP) is 3.43. The summed E-state index contributed by atoms with van der Waals surface area (Å²) < 4.78 is 6.25. The molecule has 19 heavy (non-hydrogen) atoms. The Kier molecular flexibility index (Phi) is 4.16. The number of aromatic carboxylic acids is 1. The van der Waals surface area contributed by atoms with Crippen molar-refractivity contribution in [2.24, 2.45) is 0 Å². The first kappa shape index (κ1) is 13.5. The largest absolute Gasteiger partial charge is 0.486 e. The van der Waals surface area contributed by atoms with Crippen LogP contribution in [0.4, 0.5) is 0 Å². The lowest BCUT2D eigenvalue weighted by Crippen LogP contribution is -2.02. The van der Waals surface area contributed by atoms with Gasteiger partial charge in [0.1, 0.15) is 12.4 Å². The molecule has 4 nitrogen and oxygen atoms in total. The Labute approximate surface area is 119 Å². The van der Waals surface area contributed by atoms with Gasteiger partial charge in [-0.3, -0.25) is 4.98 Å². The lowest BCUT2D eigenvalue weighted by atomic mass is 10.2. The number of benzene rings is 1. The molecule has 2 rings (SSSR count). The summed E-state index contributed by atoms with van der Waals surface area (Å²) in [5, 5.41) is 8.87. The first-order valence-electron chi connectivity index (χ1n) is 5.64. The molecule has 98 valence electrons. The van der Waals surface area contributed by atoms with Crippen molar-refractivity contribution in [2.45, 2.75) is 13.5 Å². The van der Waals surface area contributed by atoms with Crippen molar-refractivity contribution in [3.63, 3.8) is 0 Å². The molecule has 0 aliphatic heterocycles. The minimum absolute atomic E-state index is 0.216. The normalized spacial score (nSPS) is 10.2. The average molecular weight is 322 g/mol. The van der Waals surface area contributed by atoms with Crippen LogP contribution < -0.4 is 4.74 Å². The summed E-state index contributed by atoms with van der Waals surface area (Å²) >= 11 is 3.30. The monoisotopic (exact) mass is 321 g/mol. The highest BCUT2D eigenvalue weighted by Gasteiger charge is 2.08. The SMILES string of the molecule is Cc1cccnc1COc1ccc(C(=O)O)cc1Br. The van der Waals surface area contributed by atoms with Crippen molar-refractivity contribution in [3.8, 4) is 5.75 Å². The van der Waals surface area contributed by atoms with Gasteiger partial charge in [0.25, 0.3) is 0 Å². The molecule has 0 spiro atoms. The van der Waals surface area contributed by atoms with E-state index in [4.69, 9.17) is 9.84 Å². The van der Waals surface area contributed by atoms with Crippen LogP contribution >= 0.6 is 15.9 Å². The summed E-state index contributed by atoms with van der Waals surface area (Å²) in [7, 11) is 0. The molecule has 0 aliphatic rings. The molecule has 0 saturated carbocycles. The van der Waals surface area contributed by atoms with Crippen molar-refractivity contribution >= 4 is 21.9 Å². The minimum atomic E-state index is -0.965. The van der Waals surface area contributed by atoms with Crippen LogP contribution in [0.25, 0.3) is 0 Å². The Morgan fingerprint density at radius 2 is 2.21 bits per heavy atom. The van der Waals surface area contributed by atoms with Crippen LogP contribution in [0, 0.1) is 6.92 Å². The maximum Gasteiger partial charge on any atom is 0.335 e. The van der Waals surface area contributed by atoms with E-state index in [1.165, 1.54) is 12.1 Å². The summed E-state index contributed by atoms with van der Waals surface area (Å²) in [6.45, 7) is 2.31. The van der Waals surface area contributed by atoms with Gasteiger partial charge in [-0.15, -0.1) is 0 Å². The topological polar surface area (TPSA) is 59.4 Å². The molecule has 0 saturated heterocycles. The van der Waals surface area contributed by atoms with Gasteiger partial charge in [0.15, 0.2) is 0 Å². The number of ether oxygens (including phenoxy) is 1. The number of rotatable bonds is 4. The number of carbonyl (C=O) groups is 1. The van der Waals surface area contributed by atoms with Gasteiger partial charge in [-0.05, 0) is 52.7 Å². The van der Waals surface area contributed by atoms with Crippen LogP contribution in [0.1, 0.15) is 21.6 Å². The number of hydrogen-bond acceptors (Lipinski definition) is 3. The van der Waals surface area contributed by atoms with Crippen molar-refractivity contribution in [1.29, 1.82) is 0 Å². The number of carboxylic acids is 1. The third-order valence-electron chi connectivity index (χ3n) is 2.66. The number of nitrogens with zero attached hydrogens (tertiary/aromatic N) is 1. The third-order valence-corrected chi connectivity index (χ3v) is 3.28. The quantitative estimate of drug-likeness (QED) is 0.937. The summed E-state index contributed by atoms with van der Waals surface area (Å²) in [4.78, 5) is 15.1. The van der Waals surface area contributed by atoms with Crippen LogP contribution in [-0.4, -0.2) is 16.1 Å². The van der Waals surface area contributed by atoms with E-state index in [0.29, 0.717) is 16.8 Å². The fraction of sp³-hybridized carbons (Fsp3) is 0.143. The number of halogens is 1. The van der Waals surface area contributed by atoms with Crippen molar-refractivity contribution < 1.29 is 14.6 Å². The van der Waals surface area contributed by atoms with E-state index in [1.54, 1.807) is 12.3 Å². The second-order valence-electron chi connectivity index (χ2n) is 4.01. The number of hydrogen-bond donors (Lipinski definition) is 1. The van der Waals surface area contributed by atoms with E-state index in [-0.39, 0.29) is 5.56 Å². The second-order valence-corrected chi connectivity index (χ2v) is 4.86. The van der Waals surface area contributed by atoms with Gasteiger partial charge in [0.2, 0.25) is 0 Å². The molecule has 0 amide bonds. The van der Waals surface area contributed by atoms with Crippen molar-refractivity contribution in [3.05, 3.63) is 57.8 Å². The first-order valence-corrected chi connectivity index (χ1v) is 6.43. The Morgan fingerprint density at radius 1 is 1.42 bits per heavy atom. The molecular formula is C14H12BrNO3. The summed E-state index contributed by atoms with van der Waals surface area (Å²) in [5.41, 5.74) is 2.13. The molecule has 0 fully saturated rings. The van der Waals surface area contributed by atoms with Gasteiger partial charge >= 0.3 is 5.97 Å². The average Bonchev–Trinajstić information content (AvgIpc) is 2.39. The Bertz CT molecular complexity index is 613. The van der Waals surface area contributed by atoms with Crippen LogP contribution in [0.3, 0.4) is 0 Å². The van der Waals surface area contributed by atoms with E-state index >= 15 is 0 Å². The molecule has 0 atom stereocenters. The summed E-state index contributed by atoms with van der Waals surface area (Å²) in [6, 6.07) is 8.49. The standard InChI is InChI=1S/C14H12BrNO3/c1-9-3-2-6-16-12(9)8-19-13-5-4-10(14(17)18)7-11(13)15/h2-7H,8H2,1H3,(H,17,18). The fourth-order valence-corrected chi connectivity index (χ4v) is 2.06.